The van der Waals surface area contributed by atoms with Crippen LogP contribution in [-0.4, -0.2) is 47.9 Å². The first-order valence-corrected chi connectivity index (χ1v) is 11.4. The molecular formula is C24H25Cl2FN4O2. The summed E-state index contributed by atoms with van der Waals surface area (Å²) in [6.45, 7) is 2.91. The van der Waals surface area contributed by atoms with Gasteiger partial charge in [-0.1, -0.05) is 23.2 Å². The first-order valence-electron chi connectivity index (χ1n) is 10.7. The Kier molecular flexibility index (Phi) is 6.66. The monoisotopic (exact) mass is 490 g/mol. The number of H-pyrrole nitrogens is 1. The first kappa shape index (κ1) is 23.5. The van der Waals surface area contributed by atoms with Crippen LogP contribution in [-0.2, 0) is 17.8 Å². The van der Waals surface area contributed by atoms with Crippen LogP contribution in [0.1, 0.15) is 29.8 Å². The van der Waals surface area contributed by atoms with Crippen LogP contribution in [0.2, 0.25) is 10.0 Å². The van der Waals surface area contributed by atoms with Crippen LogP contribution in [0.4, 0.5) is 10.1 Å². The lowest BCUT2D eigenvalue weighted by atomic mass is 9.93. The van der Waals surface area contributed by atoms with Gasteiger partial charge in [-0.2, -0.15) is 0 Å². The van der Waals surface area contributed by atoms with Crippen molar-refractivity contribution in [3.05, 3.63) is 73.4 Å². The molecule has 2 aromatic carbocycles. The molecule has 6 nitrogen and oxygen atoms in total. The summed E-state index contributed by atoms with van der Waals surface area (Å²) in [7, 11) is 3.79. The van der Waals surface area contributed by atoms with Crippen molar-refractivity contribution in [2.45, 2.75) is 25.9 Å². The third-order valence-electron chi connectivity index (χ3n) is 5.91. The molecule has 9 heteroatoms. The number of hydrogen-bond donors (Lipinski definition) is 2. The van der Waals surface area contributed by atoms with Crippen LogP contribution in [0.3, 0.4) is 0 Å². The van der Waals surface area contributed by atoms with Gasteiger partial charge in [-0.3, -0.25) is 9.59 Å². The summed E-state index contributed by atoms with van der Waals surface area (Å²) in [4.78, 5) is 31.8. The van der Waals surface area contributed by atoms with Gasteiger partial charge in [-0.15, -0.1) is 0 Å². The molecule has 3 aromatic rings. The van der Waals surface area contributed by atoms with E-state index in [0.29, 0.717) is 34.9 Å². The first-order chi connectivity index (χ1) is 15.6. The number of carbonyl (C=O) groups excluding carboxylic acids is 1. The molecule has 1 aliphatic heterocycles. The quantitative estimate of drug-likeness (QED) is 0.548. The Morgan fingerprint density at radius 2 is 2.00 bits per heavy atom. The van der Waals surface area contributed by atoms with Crippen molar-refractivity contribution >= 4 is 45.6 Å². The molecule has 0 bridgehead atoms. The zero-order valence-electron chi connectivity index (χ0n) is 18.6. The summed E-state index contributed by atoms with van der Waals surface area (Å²) in [5.74, 6) is -0.756. The van der Waals surface area contributed by atoms with Crippen LogP contribution in [0.25, 0.3) is 10.8 Å². The van der Waals surface area contributed by atoms with Gasteiger partial charge >= 0.3 is 0 Å². The number of nitrogens with one attached hydrogen (secondary N) is 2. The number of hydrogen-bond acceptors (Lipinski definition) is 4. The molecule has 0 saturated heterocycles. The SMILES string of the molecule is CC1c2c(Cl)cc(Cl)cc2CCN1C(=O)CNc1cc2cc(CN(C)C)[nH]c(=O)c2cc1F. The Bertz CT molecular complexity index is 1290. The van der Waals surface area contributed by atoms with Crippen molar-refractivity contribution in [1.29, 1.82) is 0 Å². The van der Waals surface area contributed by atoms with Crippen LogP contribution < -0.4 is 10.9 Å². The highest BCUT2D eigenvalue weighted by molar-refractivity contribution is 6.35. The van der Waals surface area contributed by atoms with Gasteiger partial charge in [0.1, 0.15) is 5.82 Å². The van der Waals surface area contributed by atoms with E-state index in [9.17, 15) is 14.0 Å². The Labute approximate surface area is 201 Å². The van der Waals surface area contributed by atoms with Gasteiger partial charge in [-0.25, -0.2) is 4.39 Å². The van der Waals surface area contributed by atoms with Crippen molar-refractivity contribution in [3.8, 4) is 0 Å². The molecule has 2 N–H and O–H groups in total. The fourth-order valence-corrected chi connectivity index (χ4v) is 5.11. The minimum Gasteiger partial charge on any atom is -0.374 e. The lowest BCUT2D eigenvalue weighted by Gasteiger charge is -2.36. The lowest BCUT2D eigenvalue weighted by molar-refractivity contribution is -0.131. The number of benzene rings is 2. The minimum absolute atomic E-state index is 0.0823. The fraction of sp³-hybridized carbons (Fsp3) is 0.333. The van der Waals surface area contributed by atoms with Gasteiger partial charge in [0, 0.05) is 28.8 Å². The number of carbonyl (C=O) groups is 1. The second-order valence-corrected chi connectivity index (χ2v) is 9.45. The third-order valence-corrected chi connectivity index (χ3v) is 6.44. The van der Waals surface area contributed by atoms with Crippen molar-refractivity contribution < 1.29 is 9.18 Å². The maximum absolute atomic E-state index is 14.7. The standard InChI is InChI=1S/C24H25Cl2FN4O2/c1-13-23-14(6-16(25)9-19(23)26)4-5-31(13)22(32)11-28-21-8-15-7-17(12-30(2)3)29-24(33)18(15)10-20(21)27/h6-10,13,28H,4-5,11-12H2,1-3H3,(H,29,33). The highest BCUT2D eigenvalue weighted by atomic mass is 35.5. The molecule has 1 aliphatic rings. The number of halogens is 3. The van der Waals surface area contributed by atoms with Crippen LogP contribution in [0, 0.1) is 5.82 Å². The highest BCUT2D eigenvalue weighted by Gasteiger charge is 2.29. The number of pyridine rings is 1. The summed E-state index contributed by atoms with van der Waals surface area (Å²) in [5, 5.41) is 4.89. The number of fused-ring (bicyclic) bond motifs is 2. The van der Waals surface area contributed by atoms with Crippen molar-refractivity contribution in [2.24, 2.45) is 0 Å². The largest absolute Gasteiger partial charge is 0.374 e. The van der Waals surface area contributed by atoms with E-state index in [-0.39, 0.29) is 35.1 Å². The van der Waals surface area contributed by atoms with E-state index in [0.717, 1.165) is 16.8 Å². The number of amides is 1. The topological polar surface area (TPSA) is 68.4 Å². The Morgan fingerprint density at radius 1 is 1.24 bits per heavy atom. The van der Waals surface area contributed by atoms with E-state index in [1.165, 1.54) is 6.07 Å². The Morgan fingerprint density at radius 3 is 2.73 bits per heavy atom. The van der Waals surface area contributed by atoms with Crippen molar-refractivity contribution in [2.75, 3.05) is 32.5 Å². The highest BCUT2D eigenvalue weighted by Crippen LogP contribution is 2.37. The molecule has 33 heavy (non-hydrogen) atoms. The number of nitrogens with zero attached hydrogens (tertiary/aromatic N) is 2. The molecule has 0 spiro atoms. The fourth-order valence-electron chi connectivity index (χ4n) is 4.42. The number of rotatable bonds is 5. The van der Waals surface area contributed by atoms with Gasteiger partial charge in [-0.05, 0) is 74.3 Å². The zero-order chi connectivity index (χ0) is 23.9. The van der Waals surface area contributed by atoms with Gasteiger partial charge in [0.15, 0.2) is 0 Å². The van der Waals surface area contributed by atoms with Crippen molar-refractivity contribution in [3.63, 3.8) is 0 Å². The summed E-state index contributed by atoms with van der Waals surface area (Å²) in [5.41, 5.74) is 2.49. The van der Waals surface area contributed by atoms with Gasteiger partial charge in [0.2, 0.25) is 5.91 Å². The van der Waals surface area contributed by atoms with E-state index in [4.69, 9.17) is 23.2 Å². The van der Waals surface area contributed by atoms with Gasteiger partial charge < -0.3 is 20.1 Å². The van der Waals surface area contributed by atoms with Crippen LogP contribution >= 0.6 is 23.2 Å². The average molecular weight is 491 g/mol. The maximum Gasteiger partial charge on any atom is 0.256 e. The van der Waals surface area contributed by atoms with Gasteiger partial charge in [0.25, 0.3) is 5.56 Å². The Balaban J connectivity index is 1.53. The minimum atomic E-state index is -0.587. The van der Waals surface area contributed by atoms with E-state index in [1.54, 1.807) is 17.0 Å². The molecule has 0 saturated carbocycles. The molecule has 1 amide bonds. The maximum atomic E-state index is 14.7. The second-order valence-electron chi connectivity index (χ2n) is 8.61. The van der Waals surface area contributed by atoms with Gasteiger partial charge in [0.05, 0.1) is 23.7 Å². The number of anilines is 1. The normalized spacial score (nSPS) is 15.7. The molecule has 0 aliphatic carbocycles. The second kappa shape index (κ2) is 9.33. The summed E-state index contributed by atoms with van der Waals surface area (Å²) in [6.07, 6.45) is 0.646. The molecule has 1 unspecified atom stereocenters. The van der Waals surface area contributed by atoms with Crippen molar-refractivity contribution in [1.82, 2.24) is 14.8 Å². The predicted octanol–water partition coefficient (Wildman–Crippen LogP) is 4.59. The number of aromatic nitrogens is 1. The smallest absolute Gasteiger partial charge is 0.256 e. The third kappa shape index (κ3) is 4.86. The summed E-state index contributed by atoms with van der Waals surface area (Å²) in [6, 6.07) is 7.93. The molecule has 4 rings (SSSR count). The Hall–Kier alpha value is -2.61. The molecular weight excluding hydrogens is 466 g/mol. The average Bonchev–Trinajstić information content (AvgIpc) is 2.72. The van der Waals surface area contributed by atoms with E-state index in [2.05, 4.69) is 10.3 Å². The van der Waals surface area contributed by atoms with E-state index in [1.807, 2.05) is 38.1 Å². The number of aromatic amines is 1. The molecule has 2 heterocycles. The summed E-state index contributed by atoms with van der Waals surface area (Å²) < 4.78 is 14.7. The lowest BCUT2D eigenvalue weighted by Crippen LogP contribution is -2.42. The summed E-state index contributed by atoms with van der Waals surface area (Å²) >= 11 is 12.5. The predicted molar refractivity (Wildman–Crippen MR) is 131 cm³/mol. The molecule has 0 radical (unpaired) electrons. The molecule has 1 aromatic heterocycles. The zero-order valence-corrected chi connectivity index (χ0v) is 20.1. The van der Waals surface area contributed by atoms with Crippen LogP contribution in [0.5, 0.6) is 0 Å². The molecule has 174 valence electrons. The van der Waals surface area contributed by atoms with Crippen LogP contribution in [0.15, 0.2) is 35.1 Å². The molecule has 1 atom stereocenters. The van der Waals surface area contributed by atoms with E-state index < -0.39 is 5.82 Å². The van der Waals surface area contributed by atoms with E-state index >= 15 is 0 Å². The molecule has 0 fully saturated rings.